The van der Waals surface area contributed by atoms with Crippen molar-refractivity contribution >= 4 is 27.1 Å². The molecule has 1 amide bonds. The van der Waals surface area contributed by atoms with Crippen LogP contribution in [-0.2, 0) is 9.84 Å². The predicted molar refractivity (Wildman–Crippen MR) is 120 cm³/mol. The Labute approximate surface area is 186 Å². The van der Waals surface area contributed by atoms with Crippen LogP contribution in [0.15, 0.2) is 18.2 Å². The molecule has 1 atom stereocenters. The highest BCUT2D eigenvalue weighted by Gasteiger charge is 2.35. The molecule has 0 bridgehead atoms. The summed E-state index contributed by atoms with van der Waals surface area (Å²) < 4.78 is 34.2. The van der Waals surface area contributed by atoms with Crippen molar-refractivity contribution in [3.8, 4) is 22.1 Å². The zero-order chi connectivity index (χ0) is 22.2. The van der Waals surface area contributed by atoms with E-state index in [0.717, 1.165) is 10.6 Å². The maximum Gasteiger partial charge on any atom is 0.265 e. The summed E-state index contributed by atoms with van der Waals surface area (Å²) in [6, 6.07) is 5.68. The van der Waals surface area contributed by atoms with Gasteiger partial charge in [0.25, 0.3) is 5.91 Å². The summed E-state index contributed by atoms with van der Waals surface area (Å²) in [5.74, 6) is 1.76. The topological polar surface area (TPSA) is 89.0 Å². The minimum atomic E-state index is -2.90. The third kappa shape index (κ3) is 4.56. The Balaban J connectivity index is 1.45. The van der Waals surface area contributed by atoms with Crippen molar-refractivity contribution < 1.29 is 22.7 Å². The third-order valence-corrected chi connectivity index (χ3v) is 8.89. The molecule has 0 aliphatic carbocycles. The first-order chi connectivity index (χ1) is 14.8. The lowest BCUT2D eigenvalue weighted by atomic mass is 10.2. The molecule has 2 aliphatic heterocycles. The Morgan fingerprint density at radius 2 is 1.84 bits per heavy atom. The number of carbonyl (C=O) groups excluding carboxylic acids is 1. The van der Waals surface area contributed by atoms with Crippen LogP contribution in [-0.4, -0.2) is 87.1 Å². The lowest BCUT2D eigenvalue weighted by molar-refractivity contribution is 0.0591. The van der Waals surface area contributed by atoms with Crippen LogP contribution in [0.3, 0.4) is 0 Å². The number of hydrogen-bond acceptors (Lipinski definition) is 8. The third-order valence-electron chi connectivity index (χ3n) is 5.95. The Bertz CT molecular complexity index is 1070. The van der Waals surface area contributed by atoms with Gasteiger partial charge in [0.1, 0.15) is 9.88 Å². The summed E-state index contributed by atoms with van der Waals surface area (Å²) in [6.45, 7) is 4.45. The van der Waals surface area contributed by atoms with E-state index in [1.165, 1.54) is 11.3 Å². The quantitative estimate of drug-likeness (QED) is 0.668. The number of aromatic nitrogens is 1. The molecule has 0 saturated carbocycles. The first-order valence-electron chi connectivity index (χ1n) is 10.2. The van der Waals surface area contributed by atoms with E-state index in [-0.39, 0.29) is 23.5 Å². The maximum absolute atomic E-state index is 13.2. The van der Waals surface area contributed by atoms with Crippen molar-refractivity contribution in [2.24, 2.45) is 0 Å². The Hall–Kier alpha value is -2.17. The molecule has 2 aromatic rings. The smallest absolute Gasteiger partial charge is 0.265 e. The number of sulfone groups is 1. The summed E-state index contributed by atoms with van der Waals surface area (Å²) in [5, 5.41) is 0.761. The SMILES string of the molecule is COc1ccc(-c2nc(C)c(C(=O)N3CCN(C4CCS(=O)(=O)C4)CC3)s2)cc1OC. The number of hydrogen-bond donors (Lipinski definition) is 0. The lowest BCUT2D eigenvalue weighted by Gasteiger charge is -2.37. The molecule has 1 unspecified atom stereocenters. The number of benzene rings is 1. The number of piperazine rings is 1. The van der Waals surface area contributed by atoms with Gasteiger partial charge >= 0.3 is 0 Å². The fraction of sp³-hybridized carbons (Fsp3) is 0.524. The van der Waals surface area contributed by atoms with Crippen molar-refractivity contribution in [2.75, 3.05) is 51.9 Å². The second-order valence-corrected chi connectivity index (χ2v) is 11.1. The fourth-order valence-electron chi connectivity index (χ4n) is 4.18. The van der Waals surface area contributed by atoms with Gasteiger partial charge in [0, 0.05) is 37.8 Å². The summed E-state index contributed by atoms with van der Waals surface area (Å²) in [4.78, 5) is 22.5. The summed E-state index contributed by atoms with van der Waals surface area (Å²) in [7, 11) is 0.276. The second-order valence-electron chi connectivity index (χ2n) is 7.89. The largest absolute Gasteiger partial charge is 0.493 e. The van der Waals surface area contributed by atoms with Gasteiger partial charge in [0.15, 0.2) is 21.3 Å². The van der Waals surface area contributed by atoms with Crippen molar-refractivity contribution in [1.29, 1.82) is 0 Å². The van der Waals surface area contributed by atoms with Gasteiger partial charge in [-0.05, 0) is 31.5 Å². The van der Waals surface area contributed by atoms with E-state index in [2.05, 4.69) is 9.88 Å². The lowest BCUT2D eigenvalue weighted by Crippen LogP contribution is -2.52. The number of carbonyl (C=O) groups is 1. The van der Waals surface area contributed by atoms with E-state index < -0.39 is 9.84 Å². The van der Waals surface area contributed by atoms with Gasteiger partial charge in [-0.1, -0.05) is 0 Å². The monoisotopic (exact) mass is 465 g/mol. The zero-order valence-corrected chi connectivity index (χ0v) is 19.6. The molecule has 0 N–H and O–H groups in total. The molecule has 3 heterocycles. The van der Waals surface area contributed by atoms with Gasteiger partial charge in [-0.25, -0.2) is 13.4 Å². The van der Waals surface area contributed by atoms with Crippen LogP contribution in [0.4, 0.5) is 0 Å². The van der Waals surface area contributed by atoms with Crippen molar-refractivity contribution in [2.45, 2.75) is 19.4 Å². The molecule has 1 aromatic heterocycles. The first kappa shape index (κ1) is 22.0. The van der Waals surface area contributed by atoms with Gasteiger partial charge in [0.05, 0.1) is 31.4 Å². The maximum atomic E-state index is 13.2. The van der Waals surface area contributed by atoms with Gasteiger partial charge in [-0.2, -0.15) is 0 Å². The van der Waals surface area contributed by atoms with Crippen molar-refractivity contribution in [3.05, 3.63) is 28.8 Å². The first-order valence-corrected chi connectivity index (χ1v) is 12.9. The Kier molecular flexibility index (Phi) is 6.23. The number of amides is 1. The van der Waals surface area contributed by atoms with Crippen LogP contribution in [0.1, 0.15) is 21.8 Å². The molecule has 1 aromatic carbocycles. The van der Waals surface area contributed by atoms with E-state index in [4.69, 9.17) is 9.47 Å². The van der Waals surface area contributed by atoms with Gasteiger partial charge in [0.2, 0.25) is 0 Å². The van der Waals surface area contributed by atoms with E-state index in [0.29, 0.717) is 54.7 Å². The standard InChI is InChI=1S/C21H27N3O5S2/c1-14-19(30-20(22-14)15-4-5-17(28-2)18(12-15)29-3)21(25)24-9-7-23(8-10-24)16-6-11-31(26,27)13-16/h4-5,12,16H,6-11,13H2,1-3H3. The summed E-state index contributed by atoms with van der Waals surface area (Å²) >= 11 is 1.38. The number of thiazole rings is 1. The molecule has 0 radical (unpaired) electrons. The number of nitrogens with zero attached hydrogens (tertiary/aromatic N) is 3. The Morgan fingerprint density at radius 3 is 2.45 bits per heavy atom. The van der Waals surface area contributed by atoms with Crippen LogP contribution >= 0.6 is 11.3 Å². The van der Waals surface area contributed by atoms with Crippen LogP contribution in [0.5, 0.6) is 11.5 Å². The molecule has 31 heavy (non-hydrogen) atoms. The van der Waals surface area contributed by atoms with E-state index >= 15 is 0 Å². The van der Waals surface area contributed by atoms with Gasteiger partial charge in [-0.15, -0.1) is 11.3 Å². The second kappa shape index (κ2) is 8.76. The molecule has 2 aliphatic rings. The normalized spacial score (nSPS) is 21.3. The fourth-order valence-corrected chi connectivity index (χ4v) is 6.98. The van der Waals surface area contributed by atoms with Crippen LogP contribution in [0.2, 0.25) is 0 Å². The minimum Gasteiger partial charge on any atom is -0.493 e. The van der Waals surface area contributed by atoms with Crippen molar-refractivity contribution in [1.82, 2.24) is 14.8 Å². The number of ether oxygens (including phenoxy) is 2. The van der Waals surface area contributed by atoms with Gasteiger partial charge in [-0.3, -0.25) is 9.69 Å². The van der Waals surface area contributed by atoms with Gasteiger partial charge < -0.3 is 14.4 Å². The molecule has 4 rings (SSSR count). The highest BCUT2D eigenvalue weighted by atomic mass is 32.2. The van der Waals surface area contributed by atoms with E-state index in [9.17, 15) is 13.2 Å². The molecule has 168 valence electrons. The summed E-state index contributed by atoms with van der Waals surface area (Å²) in [5.41, 5.74) is 1.58. The summed E-state index contributed by atoms with van der Waals surface area (Å²) in [6.07, 6.45) is 0.693. The van der Waals surface area contributed by atoms with Crippen LogP contribution in [0.25, 0.3) is 10.6 Å². The predicted octanol–water partition coefficient (Wildman–Crippen LogP) is 2.08. The highest BCUT2D eigenvalue weighted by molar-refractivity contribution is 7.91. The van der Waals surface area contributed by atoms with Crippen LogP contribution < -0.4 is 9.47 Å². The number of rotatable bonds is 5. The molecular formula is C21H27N3O5S2. The average Bonchev–Trinajstić information content (AvgIpc) is 3.34. The minimum absolute atomic E-state index is 0.0135. The average molecular weight is 466 g/mol. The van der Waals surface area contributed by atoms with Crippen LogP contribution in [0, 0.1) is 6.92 Å². The molecule has 2 saturated heterocycles. The number of methoxy groups -OCH3 is 2. The molecule has 8 nitrogen and oxygen atoms in total. The molecule has 0 spiro atoms. The number of aryl methyl sites for hydroxylation is 1. The van der Waals surface area contributed by atoms with E-state index in [1.807, 2.05) is 30.0 Å². The molecular weight excluding hydrogens is 438 g/mol. The van der Waals surface area contributed by atoms with Crippen molar-refractivity contribution in [3.63, 3.8) is 0 Å². The highest BCUT2D eigenvalue weighted by Crippen LogP contribution is 2.35. The van der Waals surface area contributed by atoms with E-state index in [1.54, 1.807) is 14.2 Å². The molecule has 10 heteroatoms. The Morgan fingerprint density at radius 1 is 1.13 bits per heavy atom. The molecule has 2 fully saturated rings. The zero-order valence-electron chi connectivity index (χ0n) is 18.0.